The number of aromatic nitrogens is 1. The maximum atomic E-state index is 12.8. The number of anilines is 1. The van der Waals surface area contributed by atoms with Crippen molar-refractivity contribution < 1.29 is 4.79 Å². The molecule has 1 heterocycles. The number of hydrogen-bond donors (Lipinski definition) is 1. The number of carbonyl (C=O) groups excluding carboxylic acids is 1. The summed E-state index contributed by atoms with van der Waals surface area (Å²) < 4.78 is 2.18. The van der Waals surface area contributed by atoms with Crippen molar-refractivity contribution in [3.8, 4) is 11.8 Å². The van der Waals surface area contributed by atoms with Crippen molar-refractivity contribution in [2.75, 3.05) is 5.32 Å². The lowest BCUT2D eigenvalue weighted by atomic mass is 10.1. The zero-order valence-corrected chi connectivity index (χ0v) is 18.2. The van der Waals surface area contributed by atoms with Crippen molar-refractivity contribution in [3.05, 3.63) is 87.7 Å². The Morgan fingerprint density at radius 1 is 1.10 bits per heavy atom. The van der Waals surface area contributed by atoms with E-state index in [2.05, 4.69) is 35.0 Å². The normalized spacial score (nSPS) is 11.3. The van der Waals surface area contributed by atoms with Crippen LogP contribution in [0.3, 0.4) is 0 Å². The smallest absolute Gasteiger partial charge is 0.266 e. The Bertz CT molecular complexity index is 1180. The van der Waals surface area contributed by atoms with E-state index >= 15 is 0 Å². The molecular weight excluding hydrogens is 370 g/mol. The number of para-hydroxylation sites is 1. The summed E-state index contributed by atoms with van der Waals surface area (Å²) in [5, 5.41) is 12.5. The monoisotopic (exact) mass is 397 g/mol. The Morgan fingerprint density at radius 3 is 2.53 bits per heavy atom. The van der Waals surface area contributed by atoms with E-state index in [0.29, 0.717) is 0 Å². The van der Waals surface area contributed by atoms with Gasteiger partial charge in [0.05, 0.1) is 0 Å². The molecule has 1 N–H and O–H groups in total. The summed E-state index contributed by atoms with van der Waals surface area (Å²) >= 11 is 0. The molecule has 0 spiro atoms. The molecule has 30 heavy (non-hydrogen) atoms. The van der Waals surface area contributed by atoms with Crippen molar-refractivity contribution in [1.29, 1.82) is 5.26 Å². The molecule has 3 aromatic rings. The molecule has 0 aliphatic carbocycles. The average Bonchev–Trinajstić information content (AvgIpc) is 3.02. The molecule has 0 unspecified atom stereocenters. The van der Waals surface area contributed by atoms with Gasteiger partial charge in [-0.2, -0.15) is 5.26 Å². The van der Waals surface area contributed by atoms with Crippen molar-refractivity contribution in [2.24, 2.45) is 0 Å². The van der Waals surface area contributed by atoms with Crippen LogP contribution in [0.15, 0.2) is 54.1 Å². The predicted molar refractivity (Wildman–Crippen MR) is 123 cm³/mol. The Morgan fingerprint density at radius 2 is 1.83 bits per heavy atom. The minimum absolute atomic E-state index is 0.0833. The van der Waals surface area contributed by atoms with Crippen LogP contribution in [0.2, 0.25) is 0 Å². The first-order valence-electron chi connectivity index (χ1n) is 10.1. The van der Waals surface area contributed by atoms with E-state index in [0.717, 1.165) is 45.9 Å². The topological polar surface area (TPSA) is 57.8 Å². The number of nitriles is 1. The van der Waals surface area contributed by atoms with Crippen LogP contribution in [-0.4, -0.2) is 10.5 Å². The van der Waals surface area contributed by atoms with E-state index in [1.165, 1.54) is 5.56 Å². The number of benzene rings is 2. The molecule has 1 aromatic heterocycles. The molecule has 0 atom stereocenters. The van der Waals surface area contributed by atoms with Crippen molar-refractivity contribution in [3.63, 3.8) is 0 Å². The first-order chi connectivity index (χ1) is 14.4. The van der Waals surface area contributed by atoms with Gasteiger partial charge in [0.1, 0.15) is 11.6 Å². The number of nitrogens with zero attached hydrogens (tertiary/aromatic N) is 2. The maximum absolute atomic E-state index is 12.8. The Labute approximate surface area is 178 Å². The fourth-order valence-corrected chi connectivity index (χ4v) is 3.71. The van der Waals surface area contributed by atoms with Gasteiger partial charge in [-0.15, -0.1) is 0 Å². The van der Waals surface area contributed by atoms with E-state index < -0.39 is 5.91 Å². The highest BCUT2D eigenvalue weighted by Crippen LogP contribution is 2.26. The van der Waals surface area contributed by atoms with Crippen molar-refractivity contribution >= 4 is 17.7 Å². The molecular formula is C26H27N3O. The van der Waals surface area contributed by atoms with Crippen LogP contribution in [0.4, 0.5) is 5.69 Å². The van der Waals surface area contributed by atoms with E-state index in [-0.39, 0.29) is 5.57 Å². The van der Waals surface area contributed by atoms with Crippen molar-refractivity contribution in [1.82, 2.24) is 4.57 Å². The van der Waals surface area contributed by atoms with Gasteiger partial charge in [0.2, 0.25) is 0 Å². The third-order valence-corrected chi connectivity index (χ3v) is 5.60. The molecule has 1 amide bonds. The van der Waals surface area contributed by atoms with E-state index in [4.69, 9.17) is 0 Å². The second-order valence-electron chi connectivity index (χ2n) is 7.52. The number of nitrogens with one attached hydrogen (secondary N) is 1. The van der Waals surface area contributed by atoms with Crippen LogP contribution < -0.4 is 5.32 Å². The van der Waals surface area contributed by atoms with Gasteiger partial charge in [-0.3, -0.25) is 4.79 Å². The van der Waals surface area contributed by atoms with Gasteiger partial charge in [-0.1, -0.05) is 37.3 Å². The number of rotatable bonds is 5. The minimum Gasteiger partial charge on any atom is -0.321 e. The van der Waals surface area contributed by atoms with E-state index in [1.54, 1.807) is 6.08 Å². The lowest BCUT2D eigenvalue weighted by Gasteiger charge is -2.14. The lowest BCUT2D eigenvalue weighted by Crippen LogP contribution is -2.14. The summed E-state index contributed by atoms with van der Waals surface area (Å²) in [6.45, 7) is 10.1. The molecule has 3 rings (SSSR count). The Kier molecular flexibility index (Phi) is 6.23. The van der Waals surface area contributed by atoms with Crippen LogP contribution in [-0.2, 0) is 11.2 Å². The van der Waals surface area contributed by atoms with Gasteiger partial charge in [0, 0.05) is 22.8 Å². The molecule has 0 bridgehead atoms. The summed E-state index contributed by atoms with van der Waals surface area (Å²) in [7, 11) is 0. The van der Waals surface area contributed by atoms with Gasteiger partial charge in [0.15, 0.2) is 0 Å². The SMILES string of the molecule is CCc1ccccc1-n1c(C)cc(/C=C(/C#N)C(=O)Nc2cccc(C)c2C)c1C. The quantitative estimate of drug-likeness (QED) is 0.436. The molecule has 0 radical (unpaired) electrons. The van der Waals surface area contributed by atoms with Gasteiger partial charge < -0.3 is 9.88 Å². The number of amides is 1. The average molecular weight is 398 g/mol. The van der Waals surface area contributed by atoms with Crippen LogP contribution in [0.25, 0.3) is 11.8 Å². The number of aryl methyl sites for hydroxylation is 3. The molecule has 0 fully saturated rings. The molecule has 4 nitrogen and oxygen atoms in total. The van der Waals surface area contributed by atoms with Crippen LogP contribution in [0.5, 0.6) is 0 Å². The summed E-state index contributed by atoms with van der Waals surface area (Å²) in [4.78, 5) is 12.8. The van der Waals surface area contributed by atoms with Gasteiger partial charge in [-0.05, 0) is 80.6 Å². The van der Waals surface area contributed by atoms with Crippen LogP contribution in [0, 0.1) is 39.0 Å². The second kappa shape index (κ2) is 8.84. The lowest BCUT2D eigenvalue weighted by molar-refractivity contribution is -0.112. The highest BCUT2D eigenvalue weighted by Gasteiger charge is 2.16. The summed E-state index contributed by atoms with van der Waals surface area (Å²) in [6, 6.07) is 18.1. The fourth-order valence-electron chi connectivity index (χ4n) is 3.71. The van der Waals surface area contributed by atoms with Crippen LogP contribution in [0.1, 0.15) is 40.6 Å². The summed E-state index contributed by atoms with van der Waals surface area (Å²) in [5.74, 6) is -0.398. The highest BCUT2D eigenvalue weighted by molar-refractivity contribution is 6.10. The largest absolute Gasteiger partial charge is 0.321 e. The van der Waals surface area contributed by atoms with Gasteiger partial charge >= 0.3 is 0 Å². The van der Waals surface area contributed by atoms with E-state index in [9.17, 15) is 10.1 Å². The van der Waals surface area contributed by atoms with Gasteiger partial charge in [0.25, 0.3) is 5.91 Å². The minimum atomic E-state index is -0.398. The molecule has 0 aliphatic heterocycles. The summed E-state index contributed by atoms with van der Waals surface area (Å²) in [6.07, 6.45) is 2.61. The number of hydrogen-bond acceptors (Lipinski definition) is 2. The second-order valence-corrected chi connectivity index (χ2v) is 7.52. The predicted octanol–water partition coefficient (Wildman–Crippen LogP) is 5.82. The Hall–Kier alpha value is -3.58. The fraction of sp³-hybridized carbons (Fsp3) is 0.231. The molecule has 152 valence electrons. The molecule has 2 aromatic carbocycles. The van der Waals surface area contributed by atoms with Crippen molar-refractivity contribution in [2.45, 2.75) is 41.0 Å². The first-order valence-corrected chi connectivity index (χ1v) is 10.1. The standard InChI is InChI=1S/C26H27N3O/c1-6-21-11-7-8-13-25(21)29-18(3)14-22(20(29)5)15-23(16-27)26(30)28-24-12-9-10-17(2)19(24)4/h7-15H,6H2,1-5H3,(H,28,30)/b23-15-. The third-order valence-electron chi connectivity index (χ3n) is 5.60. The maximum Gasteiger partial charge on any atom is 0.266 e. The zero-order valence-electron chi connectivity index (χ0n) is 18.2. The number of carbonyl (C=O) groups is 1. The van der Waals surface area contributed by atoms with E-state index in [1.807, 2.05) is 64.1 Å². The van der Waals surface area contributed by atoms with Gasteiger partial charge in [-0.25, -0.2) is 0 Å². The highest BCUT2D eigenvalue weighted by atomic mass is 16.1. The third kappa shape index (κ3) is 4.06. The molecule has 0 aliphatic rings. The molecule has 0 saturated carbocycles. The van der Waals surface area contributed by atoms with Crippen LogP contribution >= 0.6 is 0 Å². The zero-order chi connectivity index (χ0) is 21.8. The summed E-state index contributed by atoms with van der Waals surface area (Å²) in [5.41, 5.74) is 8.21. The first kappa shape index (κ1) is 21.1. The molecule has 0 saturated heterocycles. The molecule has 4 heteroatoms. The Balaban J connectivity index is 1.98.